The van der Waals surface area contributed by atoms with E-state index in [4.69, 9.17) is 40.9 Å². The molecule has 8 aromatic rings. The van der Waals surface area contributed by atoms with Crippen molar-refractivity contribution in [3.63, 3.8) is 0 Å². The van der Waals surface area contributed by atoms with Crippen LogP contribution in [0.1, 0.15) is 148 Å². The van der Waals surface area contributed by atoms with E-state index < -0.39 is 72.7 Å². The number of aliphatic hydroxyl groups excluding tert-OH is 8. The van der Waals surface area contributed by atoms with E-state index in [1.807, 2.05) is 0 Å². The van der Waals surface area contributed by atoms with Crippen molar-refractivity contribution < 1.29 is 101 Å². The van der Waals surface area contributed by atoms with E-state index in [2.05, 4.69) is 169 Å². The first-order valence-electron chi connectivity index (χ1n) is 40.1. The first-order valence-corrected chi connectivity index (χ1v) is 40.1. The van der Waals surface area contributed by atoms with Crippen LogP contribution in [0.5, 0.6) is 23.0 Å². The van der Waals surface area contributed by atoms with Crippen LogP contribution in [0.4, 0.5) is 0 Å². The molecule has 16 N–H and O–H groups in total. The van der Waals surface area contributed by atoms with Gasteiger partial charge in [-0.05, 0) is 274 Å². The third-order valence-corrected chi connectivity index (χ3v) is 22.7. The molecule has 116 heavy (non-hydrogen) atoms. The number of aliphatic hydroxyl groups is 8. The first kappa shape index (κ1) is 93.5. The maximum absolute atomic E-state index is 10.6. The van der Waals surface area contributed by atoms with Gasteiger partial charge in [0.05, 0.1) is 24.4 Å². The molecular formula is C92H120N4O20. The third-order valence-electron chi connectivity index (χ3n) is 22.7. The Hall–Kier alpha value is -9.64. The molecule has 4 saturated heterocycles. The molecule has 0 amide bonds. The van der Waals surface area contributed by atoms with E-state index in [0.717, 1.165) is 124 Å². The number of carboxylic acids is 4. The van der Waals surface area contributed by atoms with Crippen molar-refractivity contribution in [3.05, 3.63) is 263 Å². The minimum Gasteiger partial charge on any atom is -0.508 e. The molecule has 0 aliphatic carbocycles. The second-order valence-electron chi connectivity index (χ2n) is 30.9. The van der Waals surface area contributed by atoms with Crippen LogP contribution in [0.15, 0.2) is 218 Å². The van der Waals surface area contributed by atoms with Crippen molar-refractivity contribution in [2.45, 2.75) is 178 Å². The van der Waals surface area contributed by atoms with E-state index >= 15 is 0 Å². The lowest BCUT2D eigenvalue weighted by molar-refractivity contribution is -0.165. The molecule has 628 valence electrons. The predicted octanol–water partition coefficient (Wildman–Crippen LogP) is 10.8. The number of phenolic OH excluding ortho intramolecular Hbond substituents is 4. The lowest BCUT2D eigenvalue weighted by Gasteiger charge is -2.38. The molecule has 4 heterocycles. The van der Waals surface area contributed by atoms with Gasteiger partial charge in [0.2, 0.25) is 0 Å². The number of rotatable bonds is 26. The van der Waals surface area contributed by atoms with Crippen LogP contribution in [0.2, 0.25) is 0 Å². The van der Waals surface area contributed by atoms with Crippen LogP contribution in [0.3, 0.4) is 0 Å². The van der Waals surface area contributed by atoms with Crippen molar-refractivity contribution >= 4 is 23.9 Å². The Labute approximate surface area is 680 Å². The van der Waals surface area contributed by atoms with E-state index in [9.17, 15) is 60.0 Å². The van der Waals surface area contributed by atoms with Crippen molar-refractivity contribution in [1.29, 1.82) is 0 Å². The molecule has 12 rings (SSSR count). The summed E-state index contributed by atoms with van der Waals surface area (Å²) in [6.07, 6.45) is 2.95. The number of aromatic hydroxyl groups is 4. The van der Waals surface area contributed by atoms with E-state index in [0.29, 0.717) is 0 Å². The fourth-order valence-electron chi connectivity index (χ4n) is 15.2. The molecule has 0 bridgehead atoms. The van der Waals surface area contributed by atoms with Gasteiger partial charge < -0.3 is 81.7 Å². The van der Waals surface area contributed by atoms with Gasteiger partial charge >= 0.3 is 23.9 Å². The number of piperidine rings is 4. The highest BCUT2D eigenvalue weighted by atomic mass is 16.4. The van der Waals surface area contributed by atoms with Gasteiger partial charge in [-0.25, -0.2) is 19.2 Å². The molecule has 24 heteroatoms. The maximum Gasteiger partial charge on any atom is 0.335 e. The van der Waals surface area contributed by atoms with Gasteiger partial charge in [0.1, 0.15) is 23.0 Å². The highest BCUT2D eigenvalue weighted by molar-refractivity contribution is 5.83. The van der Waals surface area contributed by atoms with E-state index in [-0.39, 0.29) is 47.2 Å². The van der Waals surface area contributed by atoms with Gasteiger partial charge in [0, 0.05) is 24.2 Å². The Morgan fingerprint density at radius 1 is 0.259 bits per heavy atom. The van der Waals surface area contributed by atoms with Crippen LogP contribution in [0, 0.1) is 23.7 Å². The first-order chi connectivity index (χ1) is 55.5. The van der Waals surface area contributed by atoms with Gasteiger partial charge in [0.15, 0.2) is 24.4 Å². The Kier molecular flexibility index (Phi) is 38.8. The molecular weight excluding hydrogens is 1480 g/mol. The Balaban J connectivity index is 0.000000198. The van der Waals surface area contributed by atoms with Gasteiger partial charge in [-0.2, -0.15) is 0 Å². The average Bonchev–Trinajstić information content (AvgIpc) is 0.850. The molecule has 0 spiro atoms. The second kappa shape index (κ2) is 48.2. The number of likely N-dealkylation sites (tertiary alicyclic amines) is 4. The number of hydrogen-bond donors (Lipinski definition) is 16. The lowest BCUT2D eigenvalue weighted by Crippen LogP contribution is -2.43. The molecule has 4 unspecified atom stereocenters. The minimum absolute atomic E-state index is 0.0900. The summed E-state index contributed by atoms with van der Waals surface area (Å²) in [6, 6.07) is 70.7. The van der Waals surface area contributed by atoms with Crippen LogP contribution in [-0.2, 0) is 44.9 Å². The number of carbonyl (C=O) groups is 4. The zero-order valence-electron chi connectivity index (χ0n) is 66.7. The third kappa shape index (κ3) is 30.8. The average molecular weight is 1600 g/mol. The molecule has 0 radical (unpaired) electrons. The molecule has 0 aromatic heterocycles. The van der Waals surface area contributed by atoms with E-state index in [1.165, 1.54) is 73.6 Å². The Bertz CT molecular complexity index is 3560. The summed E-state index contributed by atoms with van der Waals surface area (Å²) in [5, 5.41) is 145. The molecule has 24 nitrogen and oxygen atoms in total. The van der Waals surface area contributed by atoms with Gasteiger partial charge in [-0.15, -0.1) is 0 Å². The molecule has 4 fully saturated rings. The summed E-state index contributed by atoms with van der Waals surface area (Å²) in [6.45, 7) is 16.7. The van der Waals surface area contributed by atoms with Gasteiger partial charge in [-0.3, -0.25) is 19.6 Å². The smallest absolute Gasteiger partial charge is 0.335 e. The summed E-state index contributed by atoms with van der Waals surface area (Å²) in [4.78, 5) is 48.6. The van der Waals surface area contributed by atoms with Crippen molar-refractivity contribution in [2.24, 2.45) is 23.7 Å². The zero-order chi connectivity index (χ0) is 84.4. The number of carboxylic acid groups (broad SMARTS) is 4. The molecule has 8 aromatic carbocycles. The lowest BCUT2D eigenvalue weighted by atomic mass is 9.89. The predicted molar refractivity (Wildman–Crippen MR) is 442 cm³/mol. The van der Waals surface area contributed by atoms with Gasteiger partial charge in [0.25, 0.3) is 0 Å². The summed E-state index contributed by atoms with van der Waals surface area (Å²) in [5.74, 6) is -3.18. The summed E-state index contributed by atoms with van der Waals surface area (Å²) in [5.41, 5.74) is 9.17. The summed E-state index contributed by atoms with van der Waals surface area (Å²) in [7, 11) is 0. The number of hydrogen-bond acceptors (Lipinski definition) is 20. The van der Waals surface area contributed by atoms with Crippen molar-refractivity contribution in [3.8, 4) is 23.0 Å². The molecule has 12 atom stereocenters. The standard InChI is InChI=1S/4C21H27NO2.2C4H6O6/c4*1-16(21(24)19-7-9-20(23)10-8-19)22-13-11-18(12-14-22)15-17-5-3-2-4-6-17;2*5-1(3(7)8)2(6)4(9)10/h4*2-10,16,18,21,23-24H,11-15H2,1H3;2*1-2,5-6H,(H,7,8)(H,9,10)/t4*16-,21+;;/m1100../s1. The minimum atomic E-state index is -2.27. The number of nitrogens with zero attached hydrogens (tertiary/aromatic N) is 4. The normalized spacial score (nSPS) is 18.5. The van der Waals surface area contributed by atoms with Crippen LogP contribution < -0.4 is 0 Å². The SMILES string of the molecule is C[C@@H]([C@@H](O)c1ccc(O)cc1)N1CCC(Cc2ccccc2)CC1.C[C@@H]([C@@H](O)c1ccc(O)cc1)N1CCC(Cc2ccccc2)CC1.C[C@H]([C@H](O)c1ccc(O)cc1)N1CCC(Cc2ccccc2)CC1.C[C@H]([C@H](O)c1ccc(O)cc1)N1CCC(Cc2ccccc2)CC1.O=C(O)C(O)C(O)C(=O)O.O=C(O)C(O)C(O)C(=O)O. The number of aliphatic carboxylic acids is 4. The highest BCUT2D eigenvalue weighted by Gasteiger charge is 2.34. The van der Waals surface area contributed by atoms with E-state index in [1.54, 1.807) is 97.1 Å². The Morgan fingerprint density at radius 2 is 0.405 bits per heavy atom. The number of benzene rings is 8. The quantitative estimate of drug-likeness (QED) is 0.0239. The second-order valence-corrected chi connectivity index (χ2v) is 30.9. The summed E-state index contributed by atoms with van der Waals surface area (Å²) < 4.78 is 0. The van der Waals surface area contributed by atoms with Crippen molar-refractivity contribution in [2.75, 3.05) is 52.4 Å². The monoisotopic (exact) mass is 1600 g/mol. The maximum atomic E-state index is 10.6. The molecule has 0 saturated carbocycles. The fraction of sp³-hybridized carbons (Fsp3) is 0.435. The highest BCUT2D eigenvalue weighted by Crippen LogP contribution is 2.34. The van der Waals surface area contributed by atoms with Crippen LogP contribution in [-0.4, -0.2) is 226 Å². The van der Waals surface area contributed by atoms with Gasteiger partial charge in [-0.1, -0.05) is 170 Å². The van der Waals surface area contributed by atoms with Crippen LogP contribution in [0.25, 0.3) is 0 Å². The zero-order valence-corrected chi connectivity index (χ0v) is 66.7. The molecule has 4 aliphatic rings. The van der Waals surface area contributed by atoms with Crippen molar-refractivity contribution in [1.82, 2.24) is 19.6 Å². The topological polar surface area (TPSA) is 405 Å². The summed E-state index contributed by atoms with van der Waals surface area (Å²) >= 11 is 0. The largest absolute Gasteiger partial charge is 0.508 e. The Morgan fingerprint density at radius 3 is 0.543 bits per heavy atom. The molecule has 4 aliphatic heterocycles. The fourth-order valence-corrected chi connectivity index (χ4v) is 15.2. The number of phenols is 4. The van der Waals surface area contributed by atoms with Crippen LogP contribution >= 0.6 is 0 Å².